The number of hydrogen-bond acceptors (Lipinski definition) is 2. The van der Waals surface area contributed by atoms with Gasteiger partial charge in [-0.2, -0.15) is 0 Å². The molecule has 0 aliphatic carbocycles. The summed E-state index contributed by atoms with van der Waals surface area (Å²) in [7, 11) is 0. The van der Waals surface area contributed by atoms with E-state index in [-0.39, 0.29) is 30.9 Å². The van der Waals surface area contributed by atoms with Gasteiger partial charge in [0.25, 0.3) is 0 Å². The molecule has 142 valence electrons. The molecule has 0 aromatic carbocycles. The molecule has 1 atom stereocenters. The molecule has 1 unspecified atom stereocenters. The van der Waals surface area contributed by atoms with Gasteiger partial charge in [-0.05, 0) is 50.0 Å². The smallest absolute Gasteiger partial charge is 0.678 e. The fourth-order valence-electron chi connectivity index (χ4n) is 4.20. The van der Waals surface area contributed by atoms with Crippen LogP contribution < -0.4 is 4.98 Å². The number of rotatable bonds is 0. The van der Waals surface area contributed by atoms with E-state index in [0.717, 1.165) is 58.2 Å². The third kappa shape index (κ3) is 3.57. The number of hydrogen-bond donors (Lipinski definition) is 0. The van der Waals surface area contributed by atoms with Gasteiger partial charge in [-0.15, -0.1) is 17.1 Å². The van der Waals surface area contributed by atoms with Gasteiger partial charge in [0.2, 0.25) is 0 Å². The second kappa shape index (κ2) is 7.21. The normalized spacial score (nSPS) is 31.0. The van der Waals surface area contributed by atoms with Gasteiger partial charge in [-0.25, -0.2) is 4.99 Å². The number of aromatic nitrogens is 1. The van der Waals surface area contributed by atoms with E-state index in [1.807, 2.05) is 0 Å². The third-order valence-electron chi connectivity index (χ3n) is 5.97. The summed E-state index contributed by atoms with van der Waals surface area (Å²) in [5.74, 6) is 0. The molecule has 4 aliphatic heterocycles. The summed E-state index contributed by atoms with van der Waals surface area (Å²) in [6.07, 6.45) is 12.5. The van der Waals surface area contributed by atoms with Gasteiger partial charge in [0.1, 0.15) is 0 Å². The van der Waals surface area contributed by atoms with Gasteiger partial charge >= 0.3 is 19.5 Å². The fraction of sp³-hybridized carbons (Fsp3) is 0.333. The minimum absolute atomic E-state index is 0. The van der Waals surface area contributed by atoms with Crippen LogP contribution in [-0.2, 0) is 19.5 Å². The second-order valence-electron chi connectivity index (χ2n) is 8.63. The van der Waals surface area contributed by atoms with Crippen molar-refractivity contribution in [2.75, 3.05) is 0 Å². The van der Waals surface area contributed by atoms with Crippen LogP contribution in [0.3, 0.4) is 0 Å². The van der Waals surface area contributed by atoms with Crippen LogP contribution in [0.1, 0.15) is 51.9 Å². The Morgan fingerprint density at radius 3 is 2.69 bits per heavy atom. The van der Waals surface area contributed by atoms with Crippen molar-refractivity contribution in [1.82, 2.24) is 4.98 Å². The molecule has 0 saturated carbocycles. The van der Waals surface area contributed by atoms with Crippen molar-refractivity contribution in [3.8, 4) is 0 Å². The van der Waals surface area contributed by atoms with E-state index >= 15 is 0 Å². The van der Waals surface area contributed by atoms with E-state index in [4.69, 9.17) is 20.3 Å². The minimum Gasteiger partial charge on any atom is -0.678 e. The molecule has 4 aliphatic rings. The largest absolute Gasteiger partial charge is 2.00 e. The van der Waals surface area contributed by atoms with Gasteiger partial charge in [0.05, 0.1) is 11.4 Å². The zero-order valence-corrected chi connectivity index (χ0v) is 20.5. The molecule has 0 N–H and O–H groups in total. The first-order chi connectivity index (χ1) is 13.4. The number of aliphatic imine (C=N–C) groups is 2. The molecule has 0 saturated heterocycles. The van der Waals surface area contributed by atoms with Crippen molar-refractivity contribution in [3.63, 3.8) is 0 Å². The van der Waals surface area contributed by atoms with Crippen LogP contribution in [0.25, 0.3) is 17.0 Å². The van der Waals surface area contributed by atoms with Crippen LogP contribution in [0, 0.1) is 5.41 Å². The van der Waals surface area contributed by atoms with E-state index < -0.39 is 0 Å². The predicted octanol–water partition coefficient (Wildman–Crippen LogP) is 5.58. The first kappa shape index (κ1) is 20.0. The molecule has 0 fully saturated rings. The van der Waals surface area contributed by atoms with Gasteiger partial charge in [0.15, 0.2) is 0 Å². The van der Waals surface area contributed by atoms with Crippen LogP contribution in [0.5, 0.6) is 0 Å². The Kier molecular flexibility index (Phi) is 4.98. The summed E-state index contributed by atoms with van der Waals surface area (Å²) in [6, 6.07) is 4.31. The average molecular weight is 434 g/mol. The van der Waals surface area contributed by atoms with E-state index in [9.17, 15) is 0 Å². The van der Waals surface area contributed by atoms with Crippen molar-refractivity contribution in [2.24, 2.45) is 15.4 Å². The Hall–Kier alpha value is -2.26. The Bertz CT molecular complexity index is 1090. The van der Waals surface area contributed by atoms with Crippen LogP contribution >= 0.6 is 0 Å². The molecule has 1 aromatic rings. The third-order valence-corrected chi connectivity index (χ3v) is 5.97. The molecule has 5 heteroatoms. The number of allylic oxidation sites excluding steroid dienone is 6. The maximum Gasteiger partial charge on any atom is 2.00 e. The summed E-state index contributed by atoms with van der Waals surface area (Å²) >= 11 is 0. The van der Waals surface area contributed by atoms with Crippen LogP contribution in [0.4, 0.5) is 0 Å². The van der Waals surface area contributed by atoms with Crippen molar-refractivity contribution in [1.29, 1.82) is 0 Å². The Labute approximate surface area is 185 Å². The zero-order chi connectivity index (χ0) is 19.5. The van der Waals surface area contributed by atoms with E-state index in [2.05, 4.69) is 70.2 Å². The predicted molar refractivity (Wildman–Crippen MR) is 116 cm³/mol. The molecule has 1 aromatic heterocycles. The summed E-state index contributed by atoms with van der Waals surface area (Å²) in [6.45, 7) is 8.71. The van der Waals surface area contributed by atoms with Crippen molar-refractivity contribution >= 4 is 23.1 Å². The maximum absolute atomic E-state index is 4.98. The summed E-state index contributed by atoms with van der Waals surface area (Å²) < 4.78 is 0. The molecule has 5 heterocycles. The first-order valence-electron chi connectivity index (χ1n) is 9.90. The Balaban J connectivity index is 0.00000205. The zero-order valence-electron chi connectivity index (χ0n) is 17.5. The molecule has 8 bridgehead atoms. The van der Waals surface area contributed by atoms with Gasteiger partial charge in [0, 0.05) is 16.8 Å². The molecule has 0 radical (unpaired) electrons. The number of nitrogens with zero attached hydrogens (tertiary/aromatic N) is 4. The molecule has 4 nitrogen and oxygen atoms in total. The quantitative estimate of drug-likeness (QED) is 0.492. The SMILES string of the molecule is C/C1=C2\C=CC(CC3=N/C(=C\c4ccc([n-]4)/C(C)=C4/C=CC1=N4)C(C)(C)C3)[N-]2.[Zn+2]. The molecular formula is C24H24N4Zn. The maximum atomic E-state index is 4.98. The van der Waals surface area contributed by atoms with E-state index in [1.165, 1.54) is 5.71 Å². The van der Waals surface area contributed by atoms with Crippen molar-refractivity contribution < 1.29 is 19.5 Å². The topological polar surface area (TPSA) is 52.9 Å². The average Bonchev–Trinajstić information content (AvgIpc) is 3.41. The van der Waals surface area contributed by atoms with E-state index in [1.54, 1.807) is 0 Å². The molecule has 5 rings (SSSR count). The number of fused-ring (bicyclic) bond motifs is 6. The second-order valence-corrected chi connectivity index (χ2v) is 8.63. The van der Waals surface area contributed by atoms with Crippen molar-refractivity contribution in [3.05, 3.63) is 75.8 Å². The van der Waals surface area contributed by atoms with Crippen molar-refractivity contribution in [2.45, 2.75) is 46.6 Å². The van der Waals surface area contributed by atoms with Crippen LogP contribution in [0.2, 0.25) is 0 Å². The van der Waals surface area contributed by atoms with Gasteiger partial charge in [-0.1, -0.05) is 50.3 Å². The Morgan fingerprint density at radius 1 is 1.03 bits per heavy atom. The standard InChI is InChI=1S/C24H24N4.Zn/c1-14-19-7-5-16(25-19)11-18-13-24(3,4)23(27-18)12-17-6-8-20(26-17)15(2)22-10-9-21(14)28-22;/h5-10,12,16H,11,13H2,1-4H3;/q-2;+2/b19-14-,22-15-,23-12-;. The first-order valence-corrected chi connectivity index (χ1v) is 9.90. The summed E-state index contributed by atoms with van der Waals surface area (Å²) in [5.41, 5.74) is 9.50. The van der Waals surface area contributed by atoms with Gasteiger partial charge in [-0.3, -0.25) is 4.99 Å². The molecular weight excluding hydrogens is 410 g/mol. The van der Waals surface area contributed by atoms with Gasteiger partial charge < -0.3 is 10.3 Å². The summed E-state index contributed by atoms with van der Waals surface area (Å²) in [4.78, 5) is 14.7. The van der Waals surface area contributed by atoms with Crippen LogP contribution in [0.15, 0.2) is 69.1 Å². The van der Waals surface area contributed by atoms with E-state index in [0.29, 0.717) is 0 Å². The summed E-state index contributed by atoms with van der Waals surface area (Å²) in [5, 5.41) is 4.94. The molecule has 0 spiro atoms. The monoisotopic (exact) mass is 432 g/mol. The fourth-order valence-corrected chi connectivity index (χ4v) is 4.20. The Morgan fingerprint density at radius 2 is 1.86 bits per heavy atom. The molecule has 0 amide bonds. The minimum atomic E-state index is 0. The van der Waals surface area contributed by atoms with Crippen LogP contribution in [-0.4, -0.2) is 17.5 Å². The molecule has 29 heavy (non-hydrogen) atoms.